The van der Waals surface area contributed by atoms with E-state index in [2.05, 4.69) is 40.2 Å². The predicted molar refractivity (Wildman–Crippen MR) is 135 cm³/mol. The van der Waals surface area contributed by atoms with Crippen LogP contribution in [0.25, 0.3) is 22.2 Å². The lowest BCUT2D eigenvalue weighted by Crippen LogP contribution is -2.25. The van der Waals surface area contributed by atoms with E-state index in [1.807, 2.05) is 43.3 Å². The standard InChI is InChI=1S/C24H27N6O3P/c1-15-10-11-16(14-19(15)34)22-27-21(33-30-22)9-4-8-20(31)25-12-5-13-26-23-17-6-2-3-7-18(17)24(32)29-28-23/h2-3,6-7,10-11,14H,4-5,8-9,12-13,34H2,1H3,(H,25,31)(H,26,28)(H,29,32). The lowest BCUT2D eigenvalue weighted by Gasteiger charge is -2.08. The predicted octanol–water partition coefficient (Wildman–Crippen LogP) is 2.72. The van der Waals surface area contributed by atoms with Gasteiger partial charge in [-0.3, -0.25) is 9.59 Å². The first kappa shape index (κ1) is 23.6. The molecule has 4 rings (SSSR count). The van der Waals surface area contributed by atoms with Gasteiger partial charge in [0.25, 0.3) is 5.56 Å². The lowest BCUT2D eigenvalue weighted by molar-refractivity contribution is -0.121. The third-order valence-electron chi connectivity index (χ3n) is 5.46. The maximum atomic E-state index is 12.1. The van der Waals surface area contributed by atoms with Gasteiger partial charge in [-0.2, -0.15) is 10.1 Å². The molecule has 9 nitrogen and oxygen atoms in total. The number of fused-ring (bicyclic) bond motifs is 1. The molecule has 0 spiro atoms. The minimum atomic E-state index is -0.213. The molecular formula is C24H27N6O3P. The van der Waals surface area contributed by atoms with E-state index >= 15 is 0 Å². The average Bonchev–Trinajstić information content (AvgIpc) is 3.31. The molecule has 0 radical (unpaired) electrons. The number of benzene rings is 2. The Morgan fingerprint density at radius 3 is 2.76 bits per heavy atom. The summed E-state index contributed by atoms with van der Waals surface area (Å²) in [4.78, 5) is 28.4. The van der Waals surface area contributed by atoms with Crippen LogP contribution in [0.3, 0.4) is 0 Å². The Morgan fingerprint density at radius 1 is 1.12 bits per heavy atom. The molecule has 176 valence electrons. The molecule has 2 aromatic carbocycles. The molecule has 0 saturated carbocycles. The number of aromatic amines is 1. The Kier molecular flexibility index (Phi) is 7.65. The van der Waals surface area contributed by atoms with E-state index in [9.17, 15) is 9.59 Å². The van der Waals surface area contributed by atoms with Crippen LogP contribution in [0.4, 0.5) is 5.82 Å². The van der Waals surface area contributed by atoms with Crippen molar-refractivity contribution in [2.75, 3.05) is 18.4 Å². The van der Waals surface area contributed by atoms with Gasteiger partial charge in [-0.25, -0.2) is 5.10 Å². The second-order valence-electron chi connectivity index (χ2n) is 8.01. The zero-order valence-electron chi connectivity index (χ0n) is 18.9. The molecule has 1 unspecified atom stereocenters. The van der Waals surface area contributed by atoms with Crippen LogP contribution in [0.5, 0.6) is 0 Å². The number of anilines is 1. The molecule has 0 bridgehead atoms. The summed E-state index contributed by atoms with van der Waals surface area (Å²) in [5, 5.41) is 19.2. The first-order valence-corrected chi connectivity index (χ1v) is 11.8. The molecule has 0 fully saturated rings. The van der Waals surface area contributed by atoms with Crippen molar-refractivity contribution >= 4 is 37.0 Å². The van der Waals surface area contributed by atoms with E-state index in [1.54, 1.807) is 6.07 Å². The monoisotopic (exact) mass is 478 g/mol. The van der Waals surface area contributed by atoms with E-state index in [1.165, 1.54) is 5.56 Å². The van der Waals surface area contributed by atoms with Crippen LogP contribution < -0.4 is 21.5 Å². The van der Waals surface area contributed by atoms with Gasteiger partial charge < -0.3 is 15.2 Å². The number of amides is 1. The van der Waals surface area contributed by atoms with Gasteiger partial charge >= 0.3 is 0 Å². The number of nitrogens with zero attached hydrogens (tertiary/aromatic N) is 3. The summed E-state index contributed by atoms with van der Waals surface area (Å²) >= 11 is 0. The highest BCUT2D eigenvalue weighted by Crippen LogP contribution is 2.18. The van der Waals surface area contributed by atoms with Crippen LogP contribution in [-0.2, 0) is 11.2 Å². The summed E-state index contributed by atoms with van der Waals surface area (Å²) in [5.41, 5.74) is 1.87. The van der Waals surface area contributed by atoms with E-state index in [-0.39, 0.29) is 11.5 Å². The molecule has 2 aromatic heterocycles. The number of aromatic nitrogens is 4. The van der Waals surface area contributed by atoms with E-state index < -0.39 is 0 Å². The first-order valence-electron chi connectivity index (χ1n) is 11.2. The molecule has 0 saturated heterocycles. The Hall–Kier alpha value is -3.58. The molecular weight excluding hydrogens is 451 g/mol. The van der Waals surface area contributed by atoms with Gasteiger partial charge in [-0.1, -0.05) is 35.5 Å². The van der Waals surface area contributed by atoms with Crippen molar-refractivity contribution in [3.05, 3.63) is 64.3 Å². The number of rotatable bonds is 10. The van der Waals surface area contributed by atoms with Gasteiger partial charge in [-0.05, 0) is 42.8 Å². The van der Waals surface area contributed by atoms with E-state index in [0.29, 0.717) is 55.3 Å². The van der Waals surface area contributed by atoms with Gasteiger partial charge in [0.2, 0.25) is 17.6 Å². The third kappa shape index (κ3) is 5.85. The second kappa shape index (κ2) is 11.0. The number of carbonyl (C=O) groups excluding carboxylic acids is 1. The molecule has 3 N–H and O–H groups in total. The van der Waals surface area contributed by atoms with Crippen LogP contribution in [0.2, 0.25) is 0 Å². The summed E-state index contributed by atoms with van der Waals surface area (Å²) in [7, 11) is 2.70. The molecule has 2 heterocycles. The Balaban J connectivity index is 1.15. The van der Waals surface area contributed by atoms with E-state index in [4.69, 9.17) is 4.52 Å². The minimum absolute atomic E-state index is 0.0152. The fourth-order valence-corrected chi connectivity index (χ4v) is 3.79. The van der Waals surface area contributed by atoms with Crippen molar-refractivity contribution < 1.29 is 9.32 Å². The lowest BCUT2D eigenvalue weighted by atomic mass is 10.1. The number of nitrogens with one attached hydrogen (secondary N) is 3. The van der Waals surface area contributed by atoms with Gasteiger partial charge in [0, 0.05) is 36.9 Å². The summed E-state index contributed by atoms with van der Waals surface area (Å²) in [6.07, 6.45) is 2.29. The third-order valence-corrected chi connectivity index (χ3v) is 6.09. The van der Waals surface area contributed by atoms with Crippen molar-refractivity contribution in [2.24, 2.45) is 0 Å². The Labute approximate surface area is 198 Å². The molecule has 0 aliphatic carbocycles. The molecule has 4 aromatic rings. The maximum absolute atomic E-state index is 12.1. The molecule has 10 heteroatoms. The number of hydrogen-bond acceptors (Lipinski definition) is 7. The zero-order chi connectivity index (χ0) is 23.9. The fourth-order valence-electron chi connectivity index (χ4n) is 3.51. The second-order valence-corrected chi connectivity index (χ2v) is 8.64. The maximum Gasteiger partial charge on any atom is 0.272 e. The summed E-state index contributed by atoms with van der Waals surface area (Å²) in [6.45, 7) is 3.20. The first-order chi connectivity index (χ1) is 16.5. The number of hydrogen-bond donors (Lipinski definition) is 3. The van der Waals surface area contributed by atoms with Crippen LogP contribution in [0, 0.1) is 6.92 Å². The molecule has 1 atom stereocenters. The normalized spacial score (nSPS) is 11.0. The largest absolute Gasteiger partial charge is 0.368 e. The number of H-pyrrole nitrogens is 1. The van der Waals surface area contributed by atoms with Crippen LogP contribution in [0.15, 0.2) is 51.8 Å². The smallest absolute Gasteiger partial charge is 0.272 e. The molecule has 0 aliphatic rings. The van der Waals surface area contributed by atoms with Crippen molar-refractivity contribution in [3.63, 3.8) is 0 Å². The number of aryl methyl sites for hydroxylation is 2. The zero-order valence-corrected chi connectivity index (χ0v) is 20.1. The van der Waals surface area contributed by atoms with Crippen LogP contribution in [0.1, 0.15) is 30.7 Å². The summed E-state index contributed by atoms with van der Waals surface area (Å²) < 4.78 is 5.33. The molecule has 0 aliphatic heterocycles. The topological polar surface area (TPSA) is 126 Å². The number of carbonyl (C=O) groups is 1. The molecule has 1 amide bonds. The van der Waals surface area contributed by atoms with Gasteiger partial charge in [-0.15, -0.1) is 9.24 Å². The SMILES string of the molecule is Cc1ccc(-c2noc(CCCC(=O)NCCCNc3n[nH]c(=O)c4ccccc34)n2)cc1P. The summed E-state index contributed by atoms with van der Waals surface area (Å²) in [6, 6.07) is 13.3. The highest BCUT2D eigenvalue weighted by molar-refractivity contribution is 7.27. The van der Waals surface area contributed by atoms with Crippen LogP contribution in [-0.4, -0.2) is 39.3 Å². The van der Waals surface area contributed by atoms with Crippen LogP contribution >= 0.6 is 9.24 Å². The van der Waals surface area contributed by atoms with Crippen molar-refractivity contribution in [1.82, 2.24) is 25.7 Å². The van der Waals surface area contributed by atoms with Gasteiger partial charge in [0.05, 0.1) is 5.39 Å². The summed E-state index contributed by atoms with van der Waals surface area (Å²) in [5.74, 6) is 1.69. The Bertz CT molecular complexity index is 1350. The minimum Gasteiger partial charge on any atom is -0.368 e. The van der Waals surface area contributed by atoms with Crippen molar-refractivity contribution in [1.29, 1.82) is 0 Å². The van der Waals surface area contributed by atoms with Gasteiger partial charge in [0.1, 0.15) is 0 Å². The van der Waals surface area contributed by atoms with Gasteiger partial charge in [0.15, 0.2) is 5.82 Å². The van der Waals surface area contributed by atoms with E-state index in [0.717, 1.165) is 22.7 Å². The fraction of sp³-hybridized carbons (Fsp3) is 0.292. The van der Waals surface area contributed by atoms with Crippen molar-refractivity contribution in [2.45, 2.75) is 32.6 Å². The Morgan fingerprint density at radius 2 is 1.94 bits per heavy atom. The average molecular weight is 478 g/mol. The highest BCUT2D eigenvalue weighted by Gasteiger charge is 2.10. The molecule has 34 heavy (non-hydrogen) atoms. The quantitative estimate of drug-likeness (QED) is 0.236. The highest BCUT2D eigenvalue weighted by atomic mass is 31.0. The van der Waals surface area contributed by atoms with Crippen molar-refractivity contribution in [3.8, 4) is 11.4 Å².